The van der Waals surface area contributed by atoms with Crippen molar-refractivity contribution in [3.05, 3.63) is 12.4 Å². The highest BCUT2D eigenvalue weighted by molar-refractivity contribution is 7.89. The lowest BCUT2D eigenvalue weighted by atomic mass is 10.2. The number of hydrogen-bond acceptors (Lipinski definition) is 4. The first-order valence-electron chi connectivity index (χ1n) is 6.37. The molecule has 0 bridgehead atoms. The molecule has 0 saturated carbocycles. The maximum atomic E-state index is 12.3. The molecule has 0 radical (unpaired) electrons. The van der Waals surface area contributed by atoms with Crippen LogP contribution < -0.4 is 5.73 Å². The fraction of sp³-hybridized carbons (Fsp3) is 0.727. The zero-order valence-electron chi connectivity index (χ0n) is 10.5. The molecule has 1 aromatic heterocycles. The van der Waals surface area contributed by atoms with Crippen molar-refractivity contribution in [1.29, 1.82) is 0 Å². The van der Waals surface area contributed by atoms with E-state index < -0.39 is 10.0 Å². The van der Waals surface area contributed by atoms with Crippen LogP contribution in [0.5, 0.6) is 0 Å². The van der Waals surface area contributed by atoms with Crippen molar-refractivity contribution in [3.8, 4) is 0 Å². The van der Waals surface area contributed by atoms with Gasteiger partial charge in [0.1, 0.15) is 4.90 Å². The first-order chi connectivity index (χ1) is 8.64. The van der Waals surface area contributed by atoms with Crippen LogP contribution in [0.3, 0.4) is 0 Å². The standard InChI is InChI=1S/C11H20N4O2S/c12-5-4-6-14-10-11(9-13-14)18(16,17)15-7-2-1-3-8-15/h9-10H,1-8,12H2. The van der Waals surface area contributed by atoms with Crippen LogP contribution in [0.4, 0.5) is 0 Å². The molecule has 2 rings (SSSR count). The average molecular weight is 272 g/mol. The largest absolute Gasteiger partial charge is 0.330 e. The Morgan fingerprint density at radius 3 is 2.67 bits per heavy atom. The van der Waals surface area contributed by atoms with Gasteiger partial charge in [-0.15, -0.1) is 0 Å². The molecule has 1 fully saturated rings. The van der Waals surface area contributed by atoms with E-state index in [0.717, 1.165) is 25.7 Å². The molecule has 102 valence electrons. The quantitative estimate of drug-likeness (QED) is 0.841. The predicted octanol–water partition coefficient (Wildman–Crippen LogP) is 0.406. The number of nitrogens with zero attached hydrogens (tertiary/aromatic N) is 3. The third-order valence-electron chi connectivity index (χ3n) is 3.15. The minimum atomic E-state index is -3.35. The summed E-state index contributed by atoms with van der Waals surface area (Å²) in [6.07, 6.45) is 6.83. The first kappa shape index (κ1) is 13.5. The summed E-state index contributed by atoms with van der Waals surface area (Å²) in [6, 6.07) is 0. The van der Waals surface area contributed by atoms with Gasteiger partial charge in [0, 0.05) is 25.8 Å². The number of nitrogens with two attached hydrogens (primary N) is 1. The molecule has 1 aliphatic heterocycles. The van der Waals surface area contributed by atoms with Gasteiger partial charge < -0.3 is 5.73 Å². The number of sulfonamides is 1. The van der Waals surface area contributed by atoms with Gasteiger partial charge >= 0.3 is 0 Å². The molecule has 0 amide bonds. The molecular weight excluding hydrogens is 252 g/mol. The van der Waals surface area contributed by atoms with E-state index in [1.165, 1.54) is 6.20 Å². The smallest absolute Gasteiger partial charge is 0.246 e. The number of aryl methyl sites for hydroxylation is 1. The van der Waals surface area contributed by atoms with Crippen molar-refractivity contribution >= 4 is 10.0 Å². The van der Waals surface area contributed by atoms with E-state index in [1.54, 1.807) is 15.2 Å². The Morgan fingerprint density at radius 2 is 2.00 bits per heavy atom. The van der Waals surface area contributed by atoms with Gasteiger partial charge in [0.2, 0.25) is 10.0 Å². The summed E-state index contributed by atoms with van der Waals surface area (Å²) in [5.74, 6) is 0. The molecule has 2 heterocycles. The molecule has 1 aromatic rings. The minimum Gasteiger partial charge on any atom is -0.330 e. The minimum absolute atomic E-state index is 0.293. The monoisotopic (exact) mass is 272 g/mol. The summed E-state index contributed by atoms with van der Waals surface area (Å²) < 4.78 is 27.8. The summed E-state index contributed by atoms with van der Waals surface area (Å²) >= 11 is 0. The van der Waals surface area contributed by atoms with E-state index in [1.807, 2.05) is 0 Å². The summed E-state index contributed by atoms with van der Waals surface area (Å²) in [7, 11) is -3.35. The zero-order chi connectivity index (χ0) is 13.0. The van der Waals surface area contributed by atoms with Crippen LogP contribution in [-0.4, -0.2) is 42.1 Å². The van der Waals surface area contributed by atoms with Gasteiger partial charge in [-0.3, -0.25) is 4.68 Å². The molecule has 1 aliphatic rings. The van der Waals surface area contributed by atoms with Crippen LogP contribution in [0.25, 0.3) is 0 Å². The van der Waals surface area contributed by atoms with Crippen LogP contribution in [0.2, 0.25) is 0 Å². The number of piperidine rings is 1. The molecule has 0 unspecified atom stereocenters. The highest BCUT2D eigenvalue weighted by atomic mass is 32.2. The Bertz CT molecular complexity index is 477. The lowest BCUT2D eigenvalue weighted by Gasteiger charge is -2.25. The van der Waals surface area contributed by atoms with E-state index in [2.05, 4.69) is 5.10 Å². The van der Waals surface area contributed by atoms with Crippen LogP contribution in [0, 0.1) is 0 Å². The van der Waals surface area contributed by atoms with E-state index in [4.69, 9.17) is 5.73 Å². The van der Waals surface area contributed by atoms with E-state index in [0.29, 0.717) is 31.1 Å². The highest BCUT2D eigenvalue weighted by Gasteiger charge is 2.26. The topological polar surface area (TPSA) is 81.2 Å². The Kier molecular flexibility index (Phi) is 4.36. The number of aromatic nitrogens is 2. The second kappa shape index (κ2) is 5.81. The van der Waals surface area contributed by atoms with E-state index >= 15 is 0 Å². The second-order valence-corrected chi connectivity index (χ2v) is 6.48. The molecule has 0 spiro atoms. The third kappa shape index (κ3) is 2.90. The van der Waals surface area contributed by atoms with Crippen LogP contribution in [0.15, 0.2) is 17.3 Å². The lowest BCUT2D eigenvalue weighted by Crippen LogP contribution is -2.35. The molecule has 0 aromatic carbocycles. The molecule has 6 nitrogen and oxygen atoms in total. The SMILES string of the molecule is NCCCn1cc(S(=O)(=O)N2CCCCC2)cn1. The van der Waals surface area contributed by atoms with Crippen molar-refractivity contribution in [1.82, 2.24) is 14.1 Å². The van der Waals surface area contributed by atoms with Gasteiger partial charge in [0.15, 0.2) is 0 Å². The maximum Gasteiger partial charge on any atom is 0.246 e. The highest BCUT2D eigenvalue weighted by Crippen LogP contribution is 2.19. The molecule has 0 aliphatic carbocycles. The average Bonchev–Trinajstić information content (AvgIpc) is 2.87. The van der Waals surface area contributed by atoms with Crippen molar-refractivity contribution < 1.29 is 8.42 Å². The Labute approximate surface area is 108 Å². The van der Waals surface area contributed by atoms with Gasteiger partial charge in [0.05, 0.1) is 6.20 Å². The van der Waals surface area contributed by atoms with Gasteiger partial charge in [-0.2, -0.15) is 9.40 Å². The number of hydrogen-bond donors (Lipinski definition) is 1. The second-order valence-electron chi connectivity index (χ2n) is 4.55. The zero-order valence-corrected chi connectivity index (χ0v) is 11.3. The Morgan fingerprint density at radius 1 is 1.28 bits per heavy atom. The molecule has 7 heteroatoms. The van der Waals surface area contributed by atoms with Crippen molar-refractivity contribution in [3.63, 3.8) is 0 Å². The fourth-order valence-electron chi connectivity index (χ4n) is 2.11. The van der Waals surface area contributed by atoms with Crippen LogP contribution in [0.1, 0.15) is 25.7 Å². The van der Waals surface area contributed by atoms with E-state index in [-0.39, 0.29) is 0 Å². The van der Waals surface area contributed by atoms with Crippen molar-refractivity contribution in [2.75, 3.05) is 19.6 Å². The van der Waals surface area contributed by atoms with Gasteiger partial charge in [-0.05, 0) is 25.8 Å². The van der Waals surface area contributed by atoms with E-state index in [9.17, 15) is 8.42 Å². The lowest BCUT2D eigenvalue weighted by molar-refractivity contribution is 0.346. The predicted molar refractivity (Wildman–Crippen MR) is 68.5 cm³/mol. The molecular formula is C11H20N4O2S. The summed E-state index contributed by atoms with van der Waals surface area (Å²) in [5, 5.41) is 4.07. The molecule has 0 atom stereocenters. The van der Waals surface area contributed by atoms with Gasteiger partial charge in [0.25, 0.3) is 0 Å². The van der Waals surface area contributed by atoms with Crippen LogP contribution >= 0.6 is 0 Å². The first-order valence-corrected chi connectivity index (χ1v) is 7.81. The van der Waals surface area contributed by atoms with Gasteiger partial charge in [-0.25, -0.2) is 8.42 Å². The Hall–Kier alpha value is -0.920. The summed E-state index contributed by atoms with van der Waals surface area (Å²) in [6.45, 7) is 2.48. The molecule has 2 N–H and O–H groups in total. The van der Waals surface area contributed by atoms with Crippen molar-refractivity contribution in [2.45, 2.75) is 37.1 Å². The van der Waals surface area contributed by atoms with Crippen molar-refractivity contribution in [2.24, 2.45) is 5.73 Å². The summed E-state index contributed by atoms with van der Waals surface area (Å²) in [5.41, 5.74) is 5.42. The third-order valence-corrected chi connectivity index (χ3v) is 5.01. The van der Waals surface area contributed by atoms with Crippen LogP contribution in [-0.2, 0) is 16.6 Å². The molecule has 18 heavy (non-hydrogen) atoms. The summed E-state index contributed by atoms with van der Waals surface area (Å²) in [4.78, 5) is 0.293. The number of rotatable bonds is 5. The normalized spacial score (nSPS) is 18.1. The Balaban J connectivity index is 2.11. The fourth-order valence-corrected chi connectivity index (χ4v) is 3.58. The molecule has 1 saturated heterocycles. The maximum absolute atomic E-state index is 12.3. The van der Waals surface area contributed by atoms with Gasteiger partial charge in [-0.1, -0.05) is 6.42 Å².